The standard InChI is InChI=1S/C28H31FN2O3/c1-18-8-9-22(34-17-21-13-20(29)16-31(21)2)14-25(18)27(32)30-28(10-11-28)26-15-23(33-3)12-19-6-4-5-7-24(19)26/h4-9,12,14-15,20-21H,10-11,13,16-17H2,1-3H3,(H,30,32)/t20-,21+/m0/s1. The molecular weight excluding hydrogens is 431 g/mol. The highest BCUT2D eigenvalue weighted by atomic mass is 19.1. The van der Waals surface area contributed by atoms with Gasteiger partial charge in [-0.05, 0) is 79.4 Å². The number of benzene rings is 3. The lowest BCUT2D eigenvalue weighted by Crippen LogP contribution is -2.35. The van der Waals surface area contributed by atoms with E-state index in [1.807, 2.05) is 55.3 Å². The van der Waals surface area contributed by atoms with Crippen molar-refractivity contribution in [3.05, 3.63) is 71.3 Å². The van der Waals surface area contributed by atoms with E-state index in [0.29, 0.717) is 30.9 Å². The maximum Gasteiger partial charge on any atom is 0.252 e. The van der Waals surface area contributed by atoms with Crippen molar-refractivity contribution in [1.29, 1.82) is 0 Å². The van der Waals surface area contributed by atoms with Crippen LogP contribution in [0.15, 0.2) is 54.6 Å². The van der Waals surface area contributed by atoms with E-state index in [-0.39, 0.29) is 11.9 Å². The van der Waals surface area contributed by atoms with Gasteiger partial charge in [0.25, 0.3) is 5.91 Å². The molecule has 5 rings (SSSR count). The molecule has 1 aliphatic heterocycles. The van der Waals surface area contributed by atoms with Gasteiger partial charge in [0.1, 0.15) is 24.3 Å². The fourth-order valence-corrected chi connectivity index (χ4v) is 5.00. The third-order valence-corrected chi connectivity index (χ3v) is 7.22. The maximum atomic E-state index is 13.7. The van der Waals surface area contributed by atoms with Crippen LogP contribution in [0.3, 0.4) is 0 Å². The number of methoxy groups -OCH3 is 1. The number of amides is 1. The molecule has 1 saturated carbocycles. The number of halogens is 1. The van der Waals surface area contributed by atoms with E-state index in [4.69, 9.17) is 9.47 Å². The number of nitrogens with zero attached hydrogens (tertiary/aromatic N) is 1. The first-order valence-electron chi connectivity index (χ1n) is 11.9. The summed E-state index contributed by atoms with van der Waals surface area (Å²) in [5.41, 5.74) is 2.17. The van der Waals surface area contributed by atoms with E-state index >= 15 is 0 Å². The van der Waals surface area contributed by atoms with E-state index < -0.39 is 11.7 Å². The first-order valence-corrected chi connectivity index (χ1v) is 11.9. The Bertz CT molecular complexity index is 1220. The summed E-state index contributed by atoms with van der Waals surface area (Å²) in [5, 5.41) is 5.53. The lowest BCUT2D eigenvalue weighted by Gasteiger charge is -2.22. The largest absolute Gasteiger partial charge is 0.497 e. The van der Waals surface area contributed by atoms with Gasteiger partial charge < -0.3 is 14.8 Å². The van der Waals surface area contributed by atoms with Crippen LogP contribution in [0.2, 0.25) is 0 Å². The number of carbonyl (C=O) groups is 1. The average molecular weight is 463 g/mol. The van der Waals surface area contributed by atoms with E-state index in [1.165, 1.54) is 0 Å². The van der Waals surface area contributed by atoms with Gasteiger partial charge in [0, 0.05) is 18.2 Å². The molecule has 2 fully saturated rings. The molecule has 1 N–H and O–H groups in total. The van der Waals surface area contributed by atoms with E-state index in [9.17, 15) is 9.18 Å². The molecule has 6 heteroatoms. The number of aryl methyl sites for hydroxylation is 1. The molecule has 2 aliphatic rings. The molecule has 3 aromatic rings. The maximum absolute atomic E-state index is 13.7. The van der Waals surface area contributed by atoms with Gasteiger partial charge in [0.2, 0.25) is 0 Å². The molecule has 1 heterocycles. The fraction of sp³-hybridized carbons (Fsp3) is 0.393. The van der Waals surface area contributed by atoms with Crippen LogP contribution in [0.1, 0.15) is 40.7 Å². The molecule has 0 radical (unpaired) electrons. The normalized spacial score (nSPS) is 21.4. The lowest BCUT2D eigenvalue weighted by atomic mass is 9.95. The SMILES string of the molecule is COc1cc(C2(NC(=O)c3cc(OC[C@H]4C[C@H](F)CN4C)ccc3C)CC2)c2ccccc2c1. The van der Waals surface area contributed by atoms with Crippen molar-refractivity contribution >= 4 is 16.7 Å². The van der Waals surface area contributed by atoms with Crippen LogP contribution >= 0.6 is 0 Å². The number of rotatable bonds is 7. The molecule has 1 saturated heterocycles. The zero-order chi connectivity index (χ0) is 23.9. The first-order chi connectivity index (χ1) is 16.4. The summed E-state index contributed by atoms with van der Waals surface area (Å²) in [6.07, 6.45) is 1.43. The number of ether oxygens (including phenoxy) is 2. The first kappa shape index (κ1) is 22.7. The zero-order valence-electron chi connectivity index (χ0n) is 19.9. The van der Waals surface area contributed by atoms with E-state index in [0.717, 1.165) is 40.5 Å². The van der Waals surface area contributed by atoms with Crippen molar-refractivity contribution in [2.75, 3.05) is 27.3 Å². The molecule has 34 heavy (non-hydrogen) atoms. The number of hydrogen-bond acceptors (Lipinski definition) is 4. The highest BCUT2D eigenvalue weighted by Crippen LogP contribution is 2.49. The Kier molecular flexibility index (Phi) is 5.94. The van der Waals surface area contributed by atoms with Crippen LogP contribution in [-0.2, 0) is 5.54 Å². The summed E-state index contributed by atoms with van der Waals surface area (Å²) in [6, 6.07) is 17.9. The van der Waals surface area contributed by atoms with E-state index in [1.54, 1.807) is 13.2 Å². The van der Waals surface area contributed by atoms with Crippen LogP contribution in [0.5, 0.6) is 11.5 Å². The van der Waals surface area contributed by atoms with Gasteiger partial charge >= 0.3 is 0 Å². The number of likely N-dealkylation sites (N-methyl/N-ethyl adjacent to an activating group) is 1. The summed E-state index contributed by atoms with van der Waals surface area (Å²) in [4.78, 5) is 15.4. The molecular formula is C28H31FN2O3. The number of hydrogen-bond donors (Lipinski definition) is 1. The lowest BCUT2D eigenvalue weighted by molar-refractivity contribution is 0.0930. The Hall–Kier alpha value is -3.12. The number of nitrogens with one attached hydrogen (secondary N) is 1. The predicted octanol–water partition coefficient (Wildman–Crippen LogP) is 5.00. The quantitative estimate of drug-likeness (QED) is 0.537. The molecule has 1 aliphatic carbocycles. The van der Waals surface area contributed by atoms with Crippen LogP contribution in [0.4, 0.5) is 4.39 Å². The molecule has 178 valence electrons. The molecule has 0 aromatic heterocycles. The van der Waals surface area contributed by atoms with Gasteiger partial charge in [-0.15, -0.1) is 0 Å². The monoisotopic (exact) mass is 462 g/mol. The van der Waals surface area contributed by atoms with Crippen molar-refractivity contribution in [1.82, 2.24) is 10.2 Å². The zero-order valence-corrected chi connectivity index (χ0v) is 19.9. The summed E-state index contributed by atoms with van der Waals surface area (Å²) < 4.78 is 25.2. The molecule has 0 spiro atoms. The second kappa shape index (κ2) is 8.91. The summed E-state index contributed by atoms with van der Waals surface area (Å²) in [5.74, 6) is 1.30. The Morgan fingerprint density at radius 1 is 1.15 bits per heavy atom. The number of likely N-dealkylation sites (tertiary alicyclic amines) is 1. The Morgan fingerprint density at radius 2 is 1.94 bits per heavy atom. The summed E-state index contributed by atoms with van der Waals surface area (Å²) in [7, 11) is 3.58. The number of alkyl halides is 1. The second-order valence-corrected chi connectivity index (χ2v) is 9.65. The van der Waals surface area contributed by atoms with Gasteiger partial charge in [-0.3, -0.25) is 9.69 Å². The van der Waals surface area contributed by atoms with Crippen molar-refractivity contribution in [2.45, 2.75) is 43.9 Å². The summed E-state index contributed by atoms with van der Waals surface area (Å²) in [6.45, 7) is 2.77. The minimum Gasteiger partial charge on any atom is -0.497 e. The number of carbonyl (C=O) groups excluding carboxylic acids is 1. The third-order valence-electron chi connectivity index (χ3n) is 7.22. The van der Waals surface area contributed by atoms with Gasteiger partial charge in [-0.25, -0.2) is 4.39 Å². The Morgan fingerprint density at radius 3 is 2.65 bits per heavy atom. The molecule has 2 atom stereocenters. The van der Waals surface area contributed by atoms with Gasteiger partial charge in [0.15, 0.2) is 0 Å². The van der Waals surface area contributed by atoms with Crippen molar-refractivity contribution < 1.29 is 18.7 Å². The van der Waals surface area contributed by atoms with Crippen LogP contribution in [0, 0.1) is 6.92 Å². The molecule has 1 amide bonds. The van der Waals surface area contributed by atoms with Crippen LogP contribution in [0.25, 0.3) is 10.8 Å². The fourth-order valence-electron chi connectivity index (χ4n) is 5.00. The molecule has 5 nitrogen and oxygen atoms in total. The predicted molar refractivity (Wildman–Crippen MR) is 131 cm³/mol. The minimum absolute atomic E-state index is 0.0460. The van der Waals surface area contributed by atoms with E-state index in [2.05, 4.69) is 17.4 Å². The topological polar surface area (TPSA) is 50.8 Å². The molecule has 0 unspecified atom stereocenters. The summed E-state index contributed by atoms with van der Waals surface area (Å²) >= 11 is 0. The van der Waals surface area contributed by atoms with Crippen molar-refractivity contribution in [3.8, 4) is 11.5 Å². The Balaban J connectivity index is 1.37. The second-order valence-electron chi connectivity index (χ2n) is 9.65. The minimum atomic E-state index is -0.805. The Labute approximate surface area is 199 Å². The smallest absolute Gasteiger partial charge is 0.252 e. The van der Waals surface area contributed by atoms with Gasteiger partial charge in [0.05, 0.1) is 12.6 Å². The van der Waals surface area contributed by atoms with Gasteiger partial charge in [-0.1, -0.05) is 30.3 Å². The average Bonchev–Trinajstić information content (AvgIpc) is 3.54. The number of fused-ring (bicyclic) bond motifs is 1. The van der Waals surface area contributed by atoms with Gasteiger partial charge in [-0.2, -0.15) is 0 Å². The van der Waals surface area contributed by atoms with Crippen molar-refractivity contribution in [3.63, 3.8) is 0 Å². The molecule has 0 bridgehead atoms. The van der Waals surface area contributed by atoms with Crippen molar-refractivity contribution in [2.24, 2.45) is 0 Å². The van der Waals surface area contributed by atoms with Crippen LogP contribution < -0.4 is 14.8 Å². The highest BCUT2D eigenvalue weighted by molar-refractivity contribution is 5.98. The van der Waals surface area contributed by atoms with Crippen LogP contribution in [-0.4, -0.2) is 50.3 Å². The third kappa shape index (κ3) is 4.34. The highest BCUT2D eigenvalue weighted by Gasteiger charge is 2.47. The molecule has 3 aromatic carbocycles.